The van der Waals surface area contributed by atoms with Gasteiger partial charge in [-0.3, -0.25) is 4.79 Å². The van der Waals surface area contributed by atoms with Crippen LogP contribution in [0.5, 0.6) is 0 Å². The van der Waals surface area contributed by atoms with Crippen LogP contribution in [-0.4, -0.2) is 31.5 Å². The lowest BCUT2D eigenvalue weighted by Gasteiger charge is -2.14. The van der Waals surface area contributed by atoms with E-state index in [0.717, 1.165) is 10.7 Å². The van der Waals surface area contributed by atoms with Gasteiger partial charge in [-0.05, 0) is 24.5 Å². The highest BCUT2D eigenvalue weighted by molar-refractivity contribution is 9.10. The molecule has 0 aliphatic carbocycles. The molecule has 0 fully saturated rings. The second kappa shape index (κ2) is 6.33. The van der Waals surface area contributed by atoms with Crippen LogP contribution in [0, 0.1) is 0 Å². The van der Waals surface area contributed by atoms with Crippen molar-refractivity contribution in [3.05, 3.63) is 34.3 Å². The van der Waals surface area contributed by atoms with Crippen LogP contribution in [0.1, 0.15) is 24.3 Å². The number of carboxylic acids is 1. The number of sulfone groups is 1. The summed E-state index contributed by atoms with van der Waals surface area (Å²) < 4.78 is 22.8. The van der Waals surface area contributed by atoms with Gasteiger partial charge in [0.1, 0.15) is 9.84 Å². The number of hydrogen-bond donors (Lipinski definition) is 1. The first-order valence-electron chi connectivity index (χ1n) is 5.46. The molecule has 0 aliphatic heterocycles. The Labute approximate surface area is 115 Å². The Morgan fingerprint density at radius 2 is 2.00 bits per heavy atom. The summed E-state index contributed by atoms with van der Waals surface area (Å²) in [4.78, 5) is 11.2. The summed E-state index contributed by atoms with van der Waals surface area (Å²) in [6.45, 7) is 0. The number of rotatable bonds is 6. The molecule has 6 heteroatoms. The Morgan fingerprint density at radius 1 is 1.39 bits per heavy atom. The summed E-state index contributed by atoms with van der Waals surface area (Å²) in [5.41, 5.74) is 0.679. The molecular formula is C12H15BrO4S. The van der Waals surface area contributed by atoms with Gasteiger partial charge in [-0.25, -0.2) is 8.42 Å². The van der Waals surface area contributed by atoms with E-state index >= 15 is 0 Å². The van der Waals surface area contributed by atoms with Gasteiger partial charge in [0.25, 0.3) is 0 Å². The third-order valence-corrected chi connectivity index (χ3v) is 4.34. The quantitative estimate of drug-likeness (QED) is 0.867. The molecular weight excluding hydrogens is 320 g/mol. The normalized spacial score (nSPS) is 13.2. The van der Waals surface area contributed by atoms with E-state index in [1.165, 1.54) is 0 Å². The van der Waals surface area contributed by atoms with Crippen molar-refractivity contribution in [1.29, 1.82) is 0 Å². The average molecular weight is 335 g/mol. The van der Waals surface area contributed by atoms with Crippen LogP contribution >= 0.6 is 15.9 Å². The van der Waals surface area contributed by atoms with E-state index in [-0.39, 0.29) is 5.75 Å². The van der Waals surface area contributed by atoms with Crippen molar-refractivity contribution < 1.29 is 18.3 Å². The van der Waals surface area contributed by atoms with Crippen molar-refractivity contribution in [1.82, 2.24) is 0 Å². The van der Waals surface area contributed by atoms with Crippen molar-refractivity contribution in [2.75, 3.05) is 12.0 Å². The highest BCUT2D eigenvalue weighted by Gasteiger charge is 2.22. The van der Waals surface area contributed by atoms with E-state index in [1.54, 1.807) is 18.2 Å². The largest absolute Gasteiger partial charge is 0.481 e. The zero-order chi connectivity index (χ0) is 13.8. The minimum atomic E-state index is -3.04. The molecule has 1 aromatic carbocycles. The molecule has 0 saturated carbocycles. The number of aliphatic carboxylic acids is 1. The lowest BCUT2D eigenvalue weighted by molar-refractivity contribution is -0.139. The van der Waals surface area contributed by atoms with Gasteiger partial charge in [-0.1, -0.05) is 34.1 Å². The minimum absolute atomic E-state index is 0.0151. The highest BCUT2D eigenvalue weighted by atomic mass is 79.9. The smallest absolute Gasteiger partial charge is 0.311 e. The SMILES string of the molecule is CS(=O)(=O)CCCC(C(=O)O)c1ccccc1Br. The maximum atomic E-state index is 11.2. The van der Waals surface area contributed by atoms with Crippen molar-refractivity contribution in [2.45, 2.75) is 18.8 Å². The number of halogens is 1. The van der Waals surface area contributed by atoms with Crippen molar-refractivity contribution in [2.24, 2.45) is 0 Å². The fourth-order valence-electron chi connectivity index (χ4n) is 1.72. The van der Waals surface area contributed by atoms with Crippen LogP contribution in [-0.2, 0) is 14.6 Å². The first-order valence-corrected chi connectivity index (χ1v) is 8.31. The molecule has 1 rings (SSSR count). The minimum Gasteiger partial charge on any atom is -0.481 e. The van der Waals surface area contributed by atoms with Gasteiger partial charge < -0.3 is 5.11 Å². The van der Waals surface area contributed by atoms with E-state index in [2.05, 4.69) is 15.9 Å². The second-order valence-electron chi connectivity index (χ2n) is 4.18. The molecule has 100 valence electrons. The van der Waals surface area contributed by atoms with E-state index in [9.17, 15) is 18.3 Å². The van der Waals surface area contributed by atoms with Crippen molar-refractivity contribution in [3.63, 3.8) is 0 Å². The molecule has 1 atom stereocenters. The molecule has 18 heavy (non-hydrogen) atoms. The van der Waals surface area contributed by atoms with Gasteiger partial charge in [-0.15, -0.1) is 0 Å². The molecule has 1 unspecified atom stereocenters. The zero-order valence-electron chi connectivity index (χ0n) is 9.97. The Bertz CT molecular complexity index is 525. The molecule has 0 saturated heterocycles. The first kappa shape index (κ1) is 15.2. The number of carboxylic acid groups (broad SMARTS) is 1. The molecule has 0 bridgehead atoms. The van der Waals surface area contributed by atoms with Gasteiger partial charge in [0, 0.05) is 16.5 Å². The lowest BCUT2D eigenvalue weighted by Crippen LogP contribution is -2.14. The monoisotopic (exact) mass is 334 g/mol. The standard InChI is InChI=1S/C12H15BrO4S/c1-18(16,17)8-4-6-10(12(14)15)9-5-2-3-7-11(9)13/h2-3,5,7,10H,4,6,8H2,1H3,(H,14,15). The Balaban J connectivity index is 2.79. The van der Waals surface area contributed by atoms with E-state index in [0.29, 0.717) is 18.4 Å². The van der Waals surface area contributed by atoms with Crippen molar-refractivity contribution in [3.8, 4) is 0 Å². The predicted molar refractivity (Wildman–Crippen MR) is 73.5 cm³/mol. The Kier molecular flexibility index (Phi) is 5.34. The van der Waals surface area contributed by atoms with Gasteiger partial charge in [-0.2, -0.15) is 0 Å². The van der Waals surface area contributed by atoms with Gasteiger partial charge >= 0.3 is 5.97 Å². The molecule has 0 amide bonds. The van der Waals surface area contributed by atoms with Crippen LogP contribution in [0.15, 0.2) is 28.7 Å². The maximum absolute atomic E-state index is 11.2. The molecule has 0 aliphatic rings. The number of hydrogen-bond acceptors (Lipinski definition) is 3. The van der Waals surface area contributed by atoms with Crippen LogP contribution in [0.25, 0.3) is 0 Å². The second-order valence-corrected chi connectivity index (χ2v) is 7.30. The average Bonchev–Trinajstić information content (AvgIpc) is 2.24. The van der Waals surface area contributed by atoms with Gasteiger partial charge in [0.2, 0.25) is 0 Å². The molecule has 0 aromatic heterocycles. The van der Waals surface area contributed by atoms with Crippen LogP contribution in [0.3, 0.4) is 0 Å². The molecule has 0 radical (unpaired) electrons. The summed E-state index contributed by atoms with van der Waals surface area (Å²) in [6, 6.07) is 7.10. The maximum Gasteiger partial charge on any atom is 0.311 e. The zero-order valence-corrected chi connectivity index (χ0v) is 12.4. The summed E-state index contributed by atoms with van der Waals surface area (Å²) in [7, 11) is -3.04. The van der Waals surface area contributed by atoms with E-state index in [4.69, 9.17) is 0 Å². The Hall–Kier alpha value is -0.880. The fraction of sp³-hybridized carbons (Fsp3) is 0.417. The predicted octanol–water partition coefficient (Wildman–Crippen LogP) is 2.44. The number of benzene rings is 1. The summed E-state index contributed by atoms with van der Waals surface area (Å²) in [6.07, 6.45) is 1.81. The summed E-state index contributed by atoms with van der Waals surface area (Å²) in [5.74, 6) is -1.60. The third kappa shape index (κ3) is 4.78. The van der Waals surface area contributed by atoms with Crippen molar-refractivity contribution >= 4 is 31.7 Å². The highest BCUT2D eigenvalue weighted by Crippen LogP contribution is 2.28. The summed E-state index contributed by atoms with van der Waals surface area (Å²) >= 11 is 3.32. The van der Waals surface area contributed by atoms with E-state index < -0.39 is 21.7 Å². The molecule has 4 nitrogen and oxygen atoms in total. The first-order chi connectivity index (χ1) is 8.31. The third-order valence-electron chi connectivity index (χ3n) is 2.59. The van der Waals surface area contributed by atoms with Gasteiger partial charge in [0.05, 0.1) is 5.92 Å². The van der Waals surface area contributed by atoms with Gasteiger partial charge in [0.15, 0.2) is 0 Å². The molecule has 0 spiro atoms. The lowest BCUT2D eigenvalue weighted by atomic mass is 9.95. The fourth-order valence-corrected chi connectivity index (χ4v) is 2.97. The number of carbonyl (C=O) groups is 1. The molecule has 1 aromatic rings. The topological polar surface area (TPSA) is 71.4 Å². The van der Waals surface area contributed by atoms with Crippen LogP contribution < -0.4 is 0 Å². The van der Waals surface area contributed by atoms with Crippen LogP contribution in [0.2, 0.25) is 0 Å². The van der Waals surface area contributed by atoms with E-state index in [1.807, 2.05) is 6.07 Å². The summed E-state index contributed by atoms with van der Waals surface area (Å²) in [5, 5.41) is 9.21. The molecule has 1 N–H and O–H groups in total. The Morgan fingerprint density at radius 3 is 2.50 bits per heavy atom. The van der Waals surface area contributed by atoms with Crippen LogP contribution in [0.4, 0.5) is 0 Å². The molecule has 0 heterocycles.